The SMILES string of the molecule is CCN(C(=O)CN1CCNCC1)C(C)c1ccc(F)cc1.Cl.Cl. The van der Waals surface area contributed by atoms with Crippen LogP contribution in [0.5, 0.6) is 0 Å². The van der Waals surface area contributed by atoms with E-state index in [0.29, 0.717) is 13.1 Å². The van der Waals surface area contributed by atoms with Crippen molar-refractivity contribution in [2.45, 2.75) is 19.9 Å². The average Bonchev–Trinajstić information content (AvgIpc) is 2.49. The van der Waals surface area contributed by atoms with Crippen molar-refractivity contribution in [1.29, 1.82) is 0 Å². The summed E-state index contributed by atoms with van der Waals surface area (Å²) in [6.07, 6.45) is 0. The van der Waals surface area contributed by atoms with Gasteiger partial charge in [-0.2, -0.15) is 0 Å². The Morgan fingerprint density at radius 2 is 1.83 bits per heavy atom. The quantitative estimate of drug-likeness (QED) is 0.870. The zero-order valence-corrected chi connectivity index (χ0v) is 15.3. The van der Waals surface area contributed by atoms with Gasteiger partial charge in [0.2, 0.25) is 5.91 Å². The molecular formula is C16H26Cl2FN3O. The van der Waals surface area contributed by atoms with Crippen LogP contribution < -0.4 is 5.32 Å². The number of hydrogen-bond donors (Lipinski definition) is 1. The summed E-state index contributed by atoms with van der Waals surface area (Å²) in [6, 6.07) is 6.36. The van der Waals surface area contributed by atoms with E-state index in [1.54, 1.807) is 12.1 Å². The third-order valence-electron chi connectivity index (χ3n) is 4.05. The van der Waals surface area contributed by atoms with E-state index in [-0.39, 0.29) is 42.6 Å². The van der Waals surface area contributed by atoms with Crippen LogP contribution in [0.4, 0.5) is 4.39 Å². The normalized spacial score (nSPS) is 16.0. The predicted molar refractivity (Wildman–Crippen MR) is 96.0 cm³/mol. The molecule has 1 heterocycles. The van der Waals surface area contributed by atoms with E-state index in [1.165, 1.54) is 12.1 Å². The van der Waals surface area contributed by atoms with Crippen LogP contribution in [0.25, 0.3) is 0 Å². The van der Waals surface area contributed by atoms with Gasteiger partial charge in [0.1, 0.15) is 5.82 Å². The van der Waals surface area contributed by atoms with Crippen LogP contribution in [0.15, 0.2) is 24.3 Å². The molecule has 0 spiro atoms. The number of amides is 1. The zero-order chi connectivity index (χ0) is 15.2. The Morgan fingerprint density at radius 3 is 2.35 bits per heavy atom. The highest BCUT2D eigenvalue weighted by Crippen LogP contribution is 2.20. The molecule has 1 aliphatic heterocycles. The molecule has 1 unspecified atom stereocenters. The summed E-state index contributed by atoms with van der Waals surface area (Å²) in [6.45, 7) is 8.79. The third kappa shape index (κ3) is 6.26. The molecule has 2 rings (SSSR count). The first-order valence-corrected chi connectivity index (χ1v) is 7.59. The fraction of sp³-hybridized carbons (Fsp3) is 0.562. The van der Waals surface area contributed by atoms with Gasteiger partial charge in [-0.1, -0.05) is 12.1 Å². The Bertz CT molecular complexity index is 467. The Kier molecular flexibility index (Phi) is 10.4. The van der Waals surface area contributed by atoms with Gasteiger partial charge in [0, 0.05) is 32.7 Å². The second-order valence-electron chi connectivity index (χ2n) is 5.43. The van der Waals surface area contributed by atoms with Crippen LogP contribution in [-0.2, 0) is 4.79 Å². The van der Waals surface area contributed by atoms with Gasteiger partial charge < -0.3 is 10.2 Å². The zero-order valence-electron chi connectivity index (χ0n) is 13.6. The molecule has 0 radical (unpaired) electrons. The molecule has 7 heteroatoms. The highest BCUT2D eigenvalue weighted by Gasteiger charge is 2.22. The minimum atomic E-state index is -0.249. The van der Waals surface area contributed by atoms with Crippen LogP contribution in [-0.4, -0.2) is 55.0 Å². The summed E-state index contributed by atoms with van der Waals surface area (Å²) in [5.41, 5.74) is 0.965. The molecule has 4 nitrogen and oxygen atoms in total. The lowest BCUT2D eigenvalue weighted by Crippen LogP contribution is -2.48. The number of nitrogens with one attached hydrogen (secondary N) is 1. The maximum atomic E-state index is 13.0. The summed E-state index contributed by atoms with van der Waals surface area (Å²) in [5, 5.41) is 3.28. The summed E-state index contributed by atoms with van der Waals surface area (Å²) in [4.78, 5) is 16.5. The second kappa shape index (κ2) is 10.8. The van der Waals surface area contributed by atoms with Crippen molar-refractivity contribution in [2.24, 2.45) is 0 Å². The van der Waals surface area contributed by atoms with Gasteiger partial charge in [0.15, 0.2) is 0 Å². The molecule has 1 aromatic carbocycles. The molecule has 23 heavy (non-hydrogen) atoms. The monoisotopic (exact) mass is 365 g/mol. The number of benzene rings is 1. The van der Waals surface area contributed by atoms with Crippen LogP contribution in [0, 0.1) is 5.82 Å². The Labute approximate surface area is 150 Å². The average molecular weight is 366 g/mol. The van der Waals surface area contributed by atoms with Crippen molar-refractivity contribution in [3.63, 3.8) is 0 Å². The number of nitrogens with zero attached hydrogens (tertiary/aromatic N) is 2. The van der Waals surface area contributed by atoms with Gasteiger partial charge in [0.25, 0.3) is 0 Å². The van der Waals surface area contributed by atoms with E-state index in [4.69, 9.17) is 0 Å². The molecule has 0 aromatic heterocycles. The highest BCUT2D eigenvalue weighted by molar-refractivity contribution is 5.85. The Balaban J connectivity index is 0.00000242. The Hall–Kier alpha value is -0.880. The summed E-state index contributed by atoms with van der Waals surface area (Å²) in [7, 11) is 0. The topological polar surface area (TPSA) is 35.6 Å². The van der Waals surface area contributed by atoms with Gasteiger partial charge in [-0.15, -0.1) is 24.8 Å². The fourth-order valence-electron chi connectivity index (χ4n) is 2.74. The first-order chi connectivity index (χ1) is 10.1. The smallest absolute Gasteiger partial charge is 0.237 e. The standard InChI is InChI=1S/C16H24FN3O.2ClH/c1-3-20(13(2)14-4-6-15(17)7-5-14)16(21)12-19-10-8-18-9-11-19;;/h4-7,13,18H,3,8-12H2,1-2H3;2*1H. The summed E-state index contributed by atoms with van der Waals surface area (Å²) < 4.78 is 13.0. The second-order valence-corrected chi connectivity index (χ2v) is 5.43. The number of piperazine rings is 1. The molecule has 132 valence electrons. The van der Waals surface area contributed by atoms with Crippen molar-refractivity contribution in [3.8, 4) is 0 Å². The lowest BCUT2D eigenvalue weighted by molar-refractivity contribution is -0.134. The fourth-order valence-corrected chi connectivity index (χ4v) is 2.74. The first-order valence-electron chi connectivity index (χ1n) is 7.59. The van der Waals surface area contributed by atoms with Crippen LogP contribution in [0.3, 0.4) is 0 Å². The number of carbonyl (C=O) groups is 1. The molecule has 1 saturated heterocycles. The summed E-state index contributed by atoms with van der Waals surface area (Å²) >= 11 is 0. The molecular weight excluding hydrogens is 340 g/mol. The molecule has 0 bridgehead atoms. The molecule has 0 aliphatic carbocycles. The van der Waals surface area contributed by atoms with E-state index in [1.807, 2.05) is 18.7 Å². The minimum absolute atomic E-state index is 0. The third-order valence-corrected chi connectivity index (χ3v) is 4.05. The van der Waals surface area contributed by atoms with Gasteiger partial charge in [-0.3, -0.25) is 9.69 Å². The molecule has 0 saturated carbocycles. The first kappa shape index (κ1) is 22.1. The largest absolute Gasteiger partial charge is 0.335 e. The Morgan fingerprint density at radius 1 is 1.26 bits per heavy atom. The van der Waals surface area contributed by atoms with E-state index < -0.39 is 0 Å². The van der Waals surface area contributed by atoms with E-state index in [2.05, 4.69) is 10.2 Å². The number of halogens is 3. The van der Waals surface area contributed by atoms with E-state index >= 15 is 0 Å². The van der Waals surface area contributed by atoms with Gasteiger partial charge >= 0.3 is 0 Å². The number of hydrogen-bond acceptors (Lipinski definition) is 3. The van der Waals surface area contributed by atoms with Crippen molar-refractivity contribution in [1.82, 2.24) is 15.1 Å². The molecule has 1 N–H and O–H groups in total. The number of likely N-dealkylation sites (N-methyl/N-ethyl adjacent to an activating group) is 1. The number of carbonyl (C=O) groups excluding carboxylic acids is 1. The van der Waals surface area contributed by atoms with Gasteiger partial charge in [-0.05, 0) is 31.5 Å². The van der Waals surface area contributed by atoms with E-state index in [9.17, 15) is 9.18 Å². The lowest BCUT2D eigenvalue weighted by atomic mass is 10.1. The minimum Gasteiger partial charge on any atom is -0.335 e. The van der Waals surface area contributed by atoms with Crippen molar-refractivity contribution in [3.05, 3.63) is 35.6 Å². The lowest BCUT2D eigenvalue weighted by Gasteiger charge is -2.32. The summed E-state index contributed by atoms with van der Waals surface area (Å²) in [5.74, 6) is -0.114. The van der Waals surface area contributed by atoms with Crippen molar-refractivity contribution >= 4 is 30.7 Å². The maximum absolute atomic E-state index is 13.0. The molecule has 1 aromatic rings. The van der Waals surface area contributed by atoms with Crippen LogP contribution in [0.1, 0.15) is 25.5 Å². The molecule has 1 aliphatic rings. The maximum Gasteiger partial charge on any atom is 0.237 e. The highest BCUT2D eigenvalue weighted by atomic mass is 35.5. The number of rotatable bonds is 5. The van der Waals surface area contributed by atoms with Gasteiger partial charge in [-0.25, -0.2) is 4.39 Å². The molecule has 1 fully saturated rings. The van der Waals surface area contributed by atoms with Gasteiger partial charge in [0.05, 0.1) is 12.6 Å². The van der Waals surface area contributed by atoms with E-state index in [0.717, 1.165) is 31.7 Å². The van der Waals surface area contributed by atoms with Crippen LogP contribution >= 0.6 is 24.8 Å². The van der Waals surface area contributed by atoms with Crippen molar-refractivity contribution in [2.75, 3.05) is 39.3 Å². The molecule has 1 atom stereocenters. The van der Waals surface area contributed by atoms with Crippen molar-refractivity contribution < 1.29 is 9.18 Å². The molecule has 1 amide bonds. The van der Waals surface area contributed by atoms with Crippen LogP contribution in [0.2, 0.25) is 0 Å². The predicted octanol–water partition coefficient (Wildman–Crippen LogP) is 2.48.